The molecule has 1 aliphatic heterocycles. The number of aromatic nitrogens is 2. The Labute approximate surface area is 131 Å². The third kappa shape index (κ3) is 2.31. The minimum absolute atomic E-state index is 0.187. The number of halogens is 1. The van der Waals surface area contributed by atoms with Crippen LogP contribution in [0, 0.1) is 0 Å². The van der Waals surface area contributed by atoms with Gasteiger partial charge in [-0.1, -0.05) is 13.8 Å². The Morgan fingerprint density at radius 3 is 2.67 bits per heavy atom. The summed E-state index contributed by atoms with van der Waals surface area (Å²) in [6.45, 7) is 5.12. The van der Waals surface area contributed by atoms with E-state index in [1.807, 2.05) is 26.0 Å². The summed E-state index contributed by atoms with van der Waals surface area (Å²) in [5.41, 5.74) is 7.58. The standard InChI is InChI=1S/C14H17BrN4O2/c1-7(2)14-18-11(13(16)19(14)17)8-5-9(15)12-10(6-8)20-3-4-21-12/h5-7H,3-4,16-17H2,1-2H3. The van der Waals surface area contributed by atoms with Crippen molar-refractivity contribution in [1.29, 1.82) is 0 Å². The van der Waals surface area contributed by atoms with E-state index in [1.54, 1.807) is 0 Å². The summed E-state index contributed by atoms with van der Waals surface area (Å²) in [4.78, 5) is 4.56. The van der Waals surface area contributed by atoms with Gasteiger partial charge in [-0.3, -0.25) is 0 Å². The molecule has 2 aromatic rings. The number of nitrogens with zero attached hydrogens (tertiary/aromatic N) is 2. The molecule has 112 valence electrons. The fraction of sp³-hybridized carbons (Fsp3) is 0.357. The van der Waals surface area contributed by atoms with Crippen LogP contribution >= 0.6 is 15.9 Å². The highest BCUT2D eigenvalue weighted by Gasteiger charge is 2.21. The molecule has 0 radical (unpaired) electrons. The Kier molecular flexibility index (Phi) is 3.44. The molecule has 0 unspecified atom stereocenters. The van der Waals surface area contributed by atoms with Crippen LogP contribution < -0.4 is 21.1 Å². The van der Waals surface area contributed by atoms with E-state index < -0.39 is 0 Å². The van der Waals surface area contributed by atoms with Crippen LogP contribution in [0.5, 0.6) is 11.5 Å². The van der Waals surface area contributed by atoms with E-state index in [2.05, 4.69) is 20.9 Å². The van der Waals surface area contributed by atoms with Crippen molar-refractivity contribution in [2.75, 3.05) is 24.8 Å². The van der Waals surface area contributed by atoms with Gasteiger partial charge in [0.15, 0.2) is 17.3 Å². The molecule has 0 atom stereocenters. The molecule has 0 spiro atoms. The first-order valence-electron chi connectivity index (χ1n) is 6.71. The quantitative estimate of drug-likeness (QED) is 0.810. The lowest BCUT2D eigenvalue weighted by Gasteiger charge is -2.20. The zero-order valence-corrected chi connectivity index (χ0v) is 13.5. The Balaban J connectivity index is 2.13. The van der Waals surface area contributed by atoms with Crippen LogP contribution in [0.15, 0.2) is 16.6 Å². The first kappa shape index (κ1) is 14.1. The molecule has 2 heterocycles. The van der Waals surface area contributed by atoms with Crippen molar-refractivity contribution >= 4 is 21.7 Å². The number of fused-ring (bicyclic) bond motifs is 1. The summed E-state index contributed by atoms with van der Waals surface area (Å²) in [7, 11) is 0. The monoisotopic (exact) mass is 352 g/mol. The number of hydrogen-bond acceptors (Lipinski definition) is 5. The molecule has 1 aromatic heterocycles. The smallest absolute Gasteiger partial charge is 0.175 e. The maximum absolute atomic E-state index is 6.09. The molecule has 0 fully saturated rings. The molecule has 21 heavy (non-hydrogen) atoms. The Bertz CT molecular complexity index is 697. The molecule has 0 bridgehead atoms. The summed E-state index contributed by atoms with van der Waals surface area (Å²) in [6, 6.07) is 3.79. The lowest BCUT2D eigenvalue weighted by Crippen LogP contribution is -2.16. The minimum Gasteiger partial charge on any atom is -0.486 e. The summed E-state index contributed by atoms with van der Waals surface area (Å²) in [6.07, 6.45) is 0. The van der Waals surface area contributed by atoms with Gasteiger partial charge in [-0.25, -0.2) is 9.66 Å². The van der Waals surface area contributed by atoms with Gasteiger partial charge < -0.3 is 21.1 Å². The van der Waals surface area contributed by atoms with Gasteiger partial charge in [-0.15, -0.1) is 0 Å². The lowest BCUT2D eigenvalue weighted by molar-refractivity contribution is 0.170. The number of nitrogen functional groups attached to an aromatic ring is 2. The van der Waals surface area contributed by atoms with Gasteiger partial charge in [0.25, 0.3) is 0 Å². The Hall–Kier alpha value is -1.89. The highest BCUT2D eigenvalue weighted by Crippen LogP contribution is 2.42. The third-order valence-electron chi connectivity index (χ3n) is 3.36. The van der Waals surface area contributed by atoms with Crippen LogP contribution in [-0.2, 0) is 0 Å². The highest BCUT2D eigenvalue weighted by atomic mass is 79.9. The van der Waals surface area contributed by atoms with Crippen molar-refractivity contribution < 1.29 is 9.47 Å². The maximum Gasteiger partial charge on any atom is 0.175 e. The van der Waals surface area contributed by atoms with Crippen molar-refractivity contribution in [1.82, 2.24) is 9.66 Å². The first-order chi connectivity index (χ1) is 9.99. The fourth-order valence-electron chi connectivity index (χ4n) is 2.33. The van der Waals surface area contributed by atoms with Crippen molar-refractivity contribution in [3.63, 3.8) is 0 Å². The van der Waals surface area contributed by atoms with Crippen molar-refractivity contribution in [2.24, 2.45) is 0 Å². The molecule has 0 saturated carbocycles. The van der Waals surface area contributed by atoms with Gasteiger partial charge in [-0.05, 0) is 28.1 Å². The molecule has 0 amide bonds. The second-order valence-corrected chi connectivity index (χ2v) is 6.07. The number of benzene rings is 1. The SMILES string of the molecule is CC(C)c1nc(-c2cc(Br)c3c(c2)OCCO3)c(N)n1N. The van der Waals surface area contributed by atoms with Crippen molar-refractivity contribution in [3.8, 4) is 22.8 Å². The van der Waals surface area contributed by atoms with Crippen LogP contribution in [-0.4, -0.2) is 22.9 Å². The molecule has 1 aromatic carbocycles. The fourth-order valence-corrected chi connectivity index (χ4v) is 2.89. The van der Waals surface area contributed by atoms with Gasteiger partial charge in [0.2, 0.25) is 0 Å². The van der Waals surface area contributed by atoms with E-state index in [0.717, 1.165) is 15.9 Å². The largest absolute Gasteiger partial charge is 0.486 e. The van der Waals surface area contributed by atoms with Gasteiger partial charge in [0.05, 0.1) is 4.47 Å². The van der Waals surface area contributed by atoms with Crippen LogP contribution in [0.3, 0.4) is 0 Å². The van der Waals surface area contributed by atoms with E-state index >= 15 is 0 Å². The van der Waals surface area contributed by atoms with E-state index in [1.165, 1.54) is 4.68 Å². The van der Waals surface area contributed by atoms with Crippen LogP contribution in [0.1, 0.15) is 25.6 Å². The number of nitrogens with two attached hydrogens (primary N) is 2. The molecule has 0 saturated heterocycles. The second kappa shape index (κ2) is 5.14. The second-order valence-electron chi connectivity index (χ2n) is 5.21. The number of imidazole rings is 1. The number of hydrogen-bond donors (Lipinski definition) is 2. The first-order valence-corrected chi connectivity index (χ1v) is 7.51. The van der Waals surface area contributed by atoms with E-state index in [4.69, 9.17) is 21.1 Å². The molecule has 0 aliphatic carbocycles. The van der Waals surface area contributed by atoms with Crippen molar-refractivity contribution in [2.45, 2.75) is 19.8 Å². The topological polar surface area (TPSA) is 88.3 Å². The average Bonchev–Trinajstić information content (AvgIpc) is 2.75. The van der Waals surface area contributed by atoms with Crippen LogP contribution in [0.4, 0.5) is 5.82 Å². The maximum atomic E-state index is 6.09. The molecular formula is C14H17BrN4O2. The zero-order chi connectivity index (χ0) is 15.1. The molecule has 7 heteroatoms. The molecular weight excluding hydrogens is 336 g/mol. The molecule has 6 nitrogen and oxygen atoms in total. The van der Waals surface area contributed by atoms with Gasteiger partial charge in [0, 0.05) is 11.5 Å². The minimum atomic E-state index is 0.187. The Morgan fingerprint density at radius 1 is 1.29 bits per heavy atom. The van der Waals surface area contributed by atoms with Gasteiger partial charge in [0.1, 0.15) is 24.7 Å². The summed E-state index contributed by atoms with van der Waals surface area (Å²) in [5, 5.41) is 0. The predicted molar refractivity (Wildman–Crippen MR) is 85.0 cm³/mol. The molecule has 1 aliphatic rings. The van der Waals surface area contributed by atoms with E-state index in [-0.39, 0.29) is 5.92 Å². The van der Waals surface area contributed by atoms with E-state index in [0.29, 0.717) is 36.2 Å². The van der Waals surface area contributed by atoms with Crippen molar-refractivity contribution in [3.05, 3.63) is 22.4 Å². The predicted octanol–water partition coefficient (Wildman–Crippen LogP) is 2.50. The van der Waals surface area contributed by atoms with Crippen LogP contribution in [0.25, 0.3) is 11.3 Å². The van der Waals surface area contributed by atoms with Gasteiger partial charge >= 0.3 is 0 Å². The highest BCUT2D eigenvalue weighted by molar-refractivity contribution is 9.10. The number of ether oxygens (including phenoxy) is 2. The van der Waals surface area contributed by atoms with Gasteiger partial charge in [-0.2, -0.15) is 0 Å². The molecule has 3 rings (SSSR count). The third-order valence-corrected chi connectivity index (χ3v) is 3.95. The number of rotatable bonds is 2. The zero-order valence-electron chi connectivity index (χ0n) is 11.9. The molecule has 4 N–H and O–H groups in total. The summed E-state index contributed by atoms with van der Waals surface area (Å²) >= 11 is 3.50. The van der Waals surface area contributed by atoms with Crippen LogP contribution in [0.2, 0.25) is 0 Å². The Morgan fingerprint density at radius 2 is 2.00 bits per heavy atom. The average molecular weight is 353 g/mol. The lowest BCUT2D eigenvalue weighted by atomic mass is 10.1. The van der Waals surface area contributed by atoms with E-state index in [9.17, 15) is 0 Å². The summed E-state index contributed by atoms with van der Waals surface area (Å²) in [5.74, 6) is 8.73. The summed E-state index contributed by atoms with van der Waals surface area (Å²) < 4.78 is 13.5. The number of anilines is 1. The normalized spacial score (nSPS) is 13.7.